The highest BCUT2D eigenvalue weighted by molar-refractivity contribution is 5.27. The summed E-state index contributed by atoms with van der Waals surface area (Å²) in [6.45, 7) is 0. The predicted molar refractivity (Wildman–Crippen MR) is 69.3 cm³/mol. The highest BCUT2D eigenvalue weighted by Gasteiger charge is 2.21. The molecule has 2 atom stereocenters. The third-order valence-corrected chi connectivity index (χ3v) is 3.78. The smallest absolute Gasteiger partial charge is 0.118 e. The van der Waals surface area contributed by atoms with Crippen LogP contribution < -0.4 is 4.74 Å². The van der Waals surface area contributed by atoms with Crippen molar-refractivity contribution < 1.29 is 9.84 Å². The topological polar surface area (TPSA) is 29.5 Å². The Bertz CT molecular complexity index is 331. The first-order valence-corrected chi connectivity index (χ1v) is 6.60. The van der Waals surface area contributed by atoms with Crippen LogP contribution in [0.1, 0.15) is 37.7 Å². The van der Waals surface area contributed by atoms with Crippen LogP contribution >= 0.6 is 0 Å². The molecule has 94 valence electrons. The quantitative estimate of drug-likeness (QED) is 0.814. The third-order valence-electron chi connectivity index (χ3n) is 3.78. The summed E-state index contributed by atoms with van der Waals surface area (Å²) in [5, 5.41) is 10.1. The van der Waals surface area contributed by atoms with Gasteiger partial charge in [0.05, 0.1) is 13.2 Å². The van der Waals surface area contributed by atoms with Gasteiger partial charge in [-0.3, -0.25) is 0 Å². The van der Waals surface area contributed by atoms with Crippen molar-refractivity contribution in [3.05, 3.63) is 29.8 Å². The molecule has 1 fully saturated rings. The number of hydrogen-bond acceptors (Lipinski definition) is 2. The molecule has 2 heteroatoms. The number of ether oxygens (including phenoxy) is 1. The Kier molecular flexibility index (Phi) is 4.43. The highest BCUT2D eigenvalue weighted by Crippen LogP contribution is 2.27. The zero-order valence-electron chi connectivity index (χ0n) is 10.6. The number of benzene rings is 1. The minimum Gasteiger partial charge on any atom is -0.497 e. The van der Waals surface area contributed by atoms with Crippen LogP contribution in [0.4, 0.5) is 0 Å². The van der Waals surface area contributed by atoms with Crippen molar-refractivity contribution in [2.24, 2.45) is 5.92 Å². The van der Waals surface area contributed by atoms with Gasteiger partial charge >= 0.3 is 0 Å². The van der Waals surface area contributed by atoms with E-state index in [9.17, 15) is 5.11 Å². The second-order valence-corrected chi connectivity index (χ2v) is 5.02. The average molecular weight is 234 g/mol. The first kappa shape index (κ1) is 12.4. The Morgan fingerprint density at radius 1 is 1.12 bits per heavy atom. The van der Waals surface area contributed by atoms with Crippen LogP contribution in [-0.2, 0) is 6.42 Å². The van der Waals surface area contributed by atoms with Crippen LogP contribution in [0.15, 0.2) is 24.3 Å². The van der Waals surface area contributed by atoms with Crippen LogP contribution in [-0.4, -0.2) is 18.3 Å². The Morgan fingerprint density at radius 3 is 2.53 bits per heavy atom. The Labute approximate surface area is 104 Å². The fraction of sp³-hybridized carbons (Fsp3) is 0.600. The predicted octanol–water partition coefficient (Wildman–Crippen LogP) is 3.18. The summed E-state index contributed by atoms with van der Waals surface area (Å²) in [6, 6.07) is 8.21. The molecule has 1 aliphatic carbocycles. The van der Waals surface area contributed by atoms with Crippen LogP contribution in [0.5, 0.6) is 5.75 Å². The molecule has 2 unspecified atom stereocenters. The summed E-state index contributed by atoms with van der Waals surface area (Å²) in [4.78, 5) is 0. The van der Waals surface area contributed by atoms with Crippen molar-refractivity contribution in [2.45, 2.75) is 44.6 Å². The summed E-state index contributed by atoms with van der Waals surface area (Å²) >= 11 is 0. The van der Waals surface area contributed by atoms with E-state index in [2.05, 4.69) is 12.1 Å². The maximum atomic E-state index is 10.1. The molecule has 1 N–H and O–H groups in total. The van der Waals surface area contributed by atoms with E-state index in [4.69, 9.17) is 4.74 Å². The number of rotatable bonds is 3. The van der Waals surface area contributed by atoms with E-state index >= 15 is 0 Å². The zero-order valence-corrected chi connectivity index (χ0v) is 10.6. The van der Waals surface area contributed by atoms with Crippen LogP contribution in [0.25, 0.3) is 0 Å². The van der Waals surface area contributed by atoms with Gasteiger partial charge in [-0.05, 0) is 42.9 Å². The minimum atomic E-state index is -0.111. The van der Waals surface area contributed by atoms with Crippen LogP contribution in [0.3, 0.4) is 0 Å². The van der Waals surface area contributed by atoms with Gasteiger partial charge in [0.1, 0.15) is 5.75 Å². The molecule has 0 aliphatic heterocycles. The van der Waals surface area contributed by atoms with E-state index < -0.39 is 0 Å². The summed E-state index contributed by atoms with van der Waals surface area (Å²) in [5.74, 6) is 1.33. The van der Waals surface area contributed by atoms with E-state index in [1.807, 2.05) is 12.1 Å². The first-order valence-electron chi connectivity index (χ1n) is 6.60. The lowest BCUT2D eigenvalue weighted by Crippen LogP contribution is -2.20. The van der Waals surface area contributed by atoms with Gasteiger partial charge in [-0.1, -0.05) is 31.4 Å². The molecule has 0 saturated heterocycles. The van der Waals surface area contributed by atoms with Crippen molar-refractivity contribution in [1.29, 1.82) is 0 Å². The number of hydrogen-bond donors (Lipinski definition) is 1. The Balaban J connectivity index is 1.98. The summed E-state index contributed by atoms with van der Waals surface area (Å²) in [6.07, 6.45) is 6.73. The van der Waals surface area contributed by atoms with E-state index in [0.717, 1.165) is 25.0 Å². The Hall–Kier alpha value is -1.02. The maximum absolute atomic E-state index is 10.1. The standard InChI is InChI=1S/C15H22O2/c1-17-14-9-7-12(8-10-14)11-13-5-3-2-4-6-15(13)16/h7-10,13,15-16H,2-6,11H2,1H3. The molecule has 0 spiro atoms. The van der Waals surface area contributed by atoms with Gasteiger partial charge in [0.15, 0.2) is 0 Å². The van der Waals surface area contributed by atoms with Crippen molar-refractivity contribution in [2.75, 3.05) is 7.11 Å². The van der Waals surface area contributed by atoms with Crippen molar-refractivity contribution in [3.8, 4) is 5.75 Å². The maximum Gasteiger partial charge on any atom is 0.118 e. The van der Waals surface area contributed by atoms with Gasteiger partial charge in [-0.25, -0.2) is 0 Å². The SMILES string of the molecule is COc1ccc(CC2CCCCCC2O)cc1. The van der Waals surface area contributed by atoms with Crippen molar-refractivity contribution >= 4 is 0 Å². The van der Waals surface area contributed by atoms with Gasteiger partial charge in [-0.2, -0.15) is 0 Å². The summed E-state index contributed by atoms with van der Waals surface area (Å²) in [5.41, 5.74) is 1.30. The lowest BCUT2D eigenvalue weighted by atomic mass is 9.90. The van der Waals surface area contributed by atoms with E-state index in [0.29, 0.717) is 5.92 Å². The largest absolute Gasteiger partial charge is 0.497 e. The van der Waals surface area contributed by atoms with E-state index in [1.165, 1.54) is 24.8 Å². The molecular formula is C15H22O2. The minimum absolute atomic E-state index is 0.111. The lowest BCUT2D eigenvalue weighted by molar-refractivity contribution is 0.101. The molecule has 0 bridgehead atoms. The van der Waals surface area contributed by atoms with Crippen LogP contribution in [0.2, 0.25) is 0 Å². The second-order valence-electron chi connectivity index (χ2n) is 5.02. The molecule has 2 nitrogen and oxygen atoms in total. The molecule has 1 saturated carbocycles. The molecule has 17 heavy (non-hydrogen) atoms. The third kappa shape index (κ3) is 3.47. The first-order chi connectivity index (χ1) is 8.29. The monoisotopic (exact) mass is 234 g/mol. The van der Waals surface area contributed by atoms with Gasteiger partial charge < -0.3 is 9.84 Å². The second kappa shape index (κ2) is 6.06. The normalized spacial score (nSPS) is 25.3. The molecule has 1 aromatic rings. The molecule has 0 radical (unpaired) electrons. The highest BCUT2D eigenvalue weighted by atomic mass is 16.5. The Morgan fingerprint density at radius 2 is 1.82 bits per heavy atom. The molecule has 0 amide bonds. The fourth-order valence-corrected chi connectivity index (χ4v) is 2.67. The molecule has 1 aromatic carbocycles. The van der Waals surface area contributed by atoms with Gasteiger partial charge in [0.25, 0.3) is 0 Å². The number of aliphatic hydroxyl groups excluding tert-OH is 1. The van der Waals surface area contributed by atoms with Gasteiger partial charge in [0, 0.05) is 0 Å². The van der Waals surface area contributed by atoms with Crippen molar-refractivity contribution in [1.82, 2.24) is 0 Å². The molecule has 1 aliphatic rings. The van der Waals surface area contributed by atoms with Gasteiger partial charge in [-0.15, -0.1) is 0 Å². The zero-order chi connectivity index (χ0) is 12.1. The number of aliphatic hydroxyl groups is 1. The van der Waals surface area contributed by atoms with Gasteiger partial charge in [0.2, 0.25) is 0 Å². The van der Waals surface area contributed by atoms with Crippen molar-refractivity contribution in [3.63, 3.8) is 0 Å². The van der Waals surface area contributed by atoms with E-state index in [1.54, 1.807) is 7.11 Å². The summed E-state index contributed by atoms with van der Waals surface area (Å²) < 4.78 is 5.15. The molecular weight excluding hydrogens is 212 g/mol. The average Bonchev–Trinajstić information content (AvgIpc) is 2.56. The van der Waals surface area contributed by atoms with Crippen LogP contribution in [0, 0.1) is 5.92 Å². The molecule has 0 aromatic heterocycles. The fourth-order valence-electron chi connectivity index (χ4n) is 2.67. The molecule has 0 heterocycles. The summed E-state index contributed by atoms with van der Waals surface area (Å²) in [7, 11) is 1.68. The number of methoxy groups -OCH3 is 1. The van der Waals surface area contributed by atoms with E-state index in [-0.39, 0.29) is 6.10 Å². The molecule has 2 rings (SSSR count). The lowest BCUT2D eigenvalue weighted by Gasteiger charge is -2.20.